The molecule has 0 bridgehead atoms. The van der Waals surface area contributed by atoms with E-state index in [2.05, 4.69) is 65.3 Å². The third-order valence-corrected chi connectivity index (χ3v) is 5.70. The molecule has 136 valence electrons. The summed E-state index contributed by atoms with van der Waals surface area (Å²) in [5.74, 6) is 1.15. The van der Waals surface area contributed by atoms with Crippen molar-refractivity contribution >= 4 is 21.9 Å². The maximum atomic E-state index is 5.04. The van der Waals surface area contributed by atoms with Gasteiger partial charge in [0.25, 0.3) is 0 Å². The minimum Gasteiger partial charge on any atom is -0.317 e. The maximum Gasteiger partial charge on any atom is 0.160 e. The van der Waals surface area contributed by atoms with E-state index < -0.39 is 0 Å². The van der Waals surface area contributed by atoms with E-state index in [1.165, 1.54) is 21.9 Å². The summed E-state index contributed by atoms with van der Waals surface area (Å²) in [7, 11) is 0. The van der Waals surface area contributed by atoms with Crippen LogP contribution in [0.5, 0.6) is 0 Å². The van der Waals surface area contributed by atoms with Crippen molar-refractivity contribution in [1.82, 2.24) is 19.9 Å². The number of pyridine rings is 1. The molecule has 2 aromatic carbocycles. The summed E-state index contributed by atoms with van der Waals surface area (Å²) in [6.07, 6.45) is 5.14. The number of imidazole rings is 1. The van der Waals surface area contributed by atoms with E-state index in [0.29, 0.717) is 6.04 Å². The fourth-order valence-corrected chi connectivity index (χ4v) is 4.32. The Bertz CT molecular complexity index is 1110. The third kappa shape index (κ3) is 2.81. The molecule has 0 radical (unpaired) electrons. The van der Waals surface area contributed by atoms with Crippen molar-refractivity contribution in [3.63, 3.8) is 0 Å². The van der Waals surface area contributed by atoms with Crippen molar-refractivity contribution in [2.75, 3.05) is 13.1 Å². The van der Waals surface area contributed by atoms with E-state index in [-0.39, 0.29) is 0 Å². The number of fused-ring (bicyclic) bond motifs is 2. The predicted molar refractivity (Wildman–Crippen MR) is 111 cm³/mol. The molecule has 0 saturated carbocycles. The maximum absolute atomic E-state index is 5.04. The van der Waals surface area contributed by atoms with Gasteiger partial charge in [0.2, 0.25) is 0 Å². The topological polar surface area (TPSA) is 42.7 Å². The molecule has 4 nitrogen and oxygen atoms in total. The smallest absolute Gasteiger partial charge is 0.160 e. The summed E-state index contributed by atoms with van der Waals surface area (Å²) >= 11 is 0. The molecule has 1 aliphatic rings. The Labute approximate surface area is 159 Å². The standard InChI is InChI=1S/C23H24N4/c1-2-21-26-22-20(18-8-7-16-5-3-4-6-17(16)15-18)11-14-25-23(22)27(21)19-9-12-24-13-10-19/h3-8,11,14-15,19,24H,2,9-10,12-13H2,1H3. The largest absolute Gasteiger partial charge is 0.317 e. The second kappa shape index (κ2) is 6.78. The summed E-state index contributed by atoms with van der Waals surface area (Å²) in [6, 6.07) is 17.8. The van der Waals surface area contributed by atoms with E-state index in [1.807, 2.05) is 6.20 Å². The molecular formula is C23H24N4. The zero-order chi connectivity index (χ0) is 18.2. The van der Waals surface area contributed by atoms with Gasteiger partial charge in [-0.2, -0.15) is 0 Å². The normalized spacial score (nSPS) is 15.6. The van der Waals surface area contributed by atoms with Crippen molar-refractivity contribution in [3.8, 4) is 11.1 Å². The number of piperidine rings is 1. The van der Waals surface area contributed by atoms with Gasteiger partial charge in [0.15, 0.2) is 5.65 Å². The molecule has 4 aromatic rings. The molecule has 1 aliphatic heterocycles. The lowest BCUT2D eigenvalue weighted by molar-refractivity contribution is 0.366. The highest BCUT2D eigenvalue weighted by Gasteiger charge is 2.22. The average molecular weight is 356 g/mol. The molecule has 1 N–H and O–H groups in total. The van der Waals surface area contributed by atoms with Crippen LogP contribution in [-0.2, 0) is 6.42 Å². The summed E-state index contributed by atoms with van der Waals surface area (Å²) in [6.45, 7) is 4.32. The molecule has 1 saturated heterocycles. The number of benzene rings is 2. The Balaban J connectivity index is 1.69. The molecule has 0 unspecified atom stereocenters. The molecule has 0 aliphatic carbocycles. The average Bonchev–Trinajstić information content (AvgIpc) is 3.13. The molecule has 0 amide bonds. The lowest BCUT2D eigenvalue weighted by atomic mass is 10.0. The van der Waals surface area contributed by atoms with Gasteiger partial charge in [-0.15, -0.1) is 0 Å². The molecule has 0 atom stereocenters. The summed E-state index contributed by atoms with van der Waals surface area (Å²) in [5.41, 5.74) is 4.44. The highest BCUT2D eigenvalue weighted by atomic mass is 15.2. The number of nitrogens with one attached hydrogen (secondary N) is 1. The summed E-state index contributed by atoms with van der Waals surface area (Å²) in [4.78, 5) is 9.80. The van der Waals surface area contributed by atoms with Crippen molar-refractivity contribution in [2.24, 2.45) is 0 Å². The lowest BCUT2D eigenvalue weighted by Gasteiger charge is -2.25. The van der Waals surface area contributed by atoms with Gasteiger partial charge in [-0.25, -0.2) is 9.97 Å². The zero-order valence-corrected chi connectivity index (χ0v) is 15.7. The SMILES string of the molecule is CCc1nc2c(-c3ccc4ccccc4c3)ccnc2n1C1CCNCC1. The van der Waals surface area contributed by atoms with Gasteiger partial charge in [-0.3, -0.25) is 0 Å². The van der Waals surface area contributed by atoms with Crippen molar-refractivity contribution in [3.05, 3.63) is 60.6 Å². The van der Waals surface area contributed by atoms with Crippen LogP contribution in [0.15, 0.2) is 54.7 Å². The minimum atomic E-state index is 0.491. The Morgan fingerprint density at radius 3 is 2.67 bits per heavy atom. The highest BCUT2D eigenvalue weighted by molar-refractivity contribution is 5.94. The second-order valence-corrected chi connectivity index (χ2v) is 7.33. The lowest BCUT2D eigenvalue weighted by Crippen LogP contribution is -2.30. The van der Waals surface area contributed by atoms with Gasteiger partial charge in [0.05, 0.1) is 0 Å². The fourth-order valence-electron chi connectivity index (χ4n) is 4.32. The number of hydrogen-bond donors (Lipinski definition) is 1. The molecule has 2 aromatic heterocycles. The van der Waals surface area contributed by atoms with Gasteiger partial charge in [-0.05, 0) is 54.4 Å². The van der Waals surface area contributed by atoms with Gasteiger partial charge in [0.1, 0.15) is 11.3 Å². The molecule has 5 rings (SSSR count). The van der Waals surface area contributed by atoms with Gasteiger partial charge < -0.3 is 9.88 Å². The quantitative estimate of drug-likeness (QED) is 0.577. The molecule has 4 heteroatoms. The second-order valence-electron chi connectivity index (χ2n) is 7.33. The Morgan fingerprint density at radius 2 is 1.85 bits per heavy atom. The number of hydrogen-bond acceptors (Lipinski definition) is 3. The predicted octanol–water partition coefficient (Wildman–Crippen LogP) is 4.74. The van der Waals surface area contributed by atoms with Crippen LogP contribution in [0.1, 0.15) is 31.6 Å². The van der Waals surface area contributed by atoms with E-state index in [9.17, 15) is 0 Å². The molecule has 0 spiro atoms. The van der Waals surface area contributed by atoms with Crippen molar-refractivity contribution in [1.29, 1.82) is 0 Å². The van der Waals surface area contributed by atoms with Gasteiger partial charge >= 0.3 is 0 Å². The number of aryl methyl sites for hydroxylation is 1. The van der Waals surface area contributed by atoms with Crippen LogP contribution in [0.4, 0.5) is 0 Å². The number of aromatic nitrogens is 3. The van der Waals surface area contributed by atoms with E-state index in [0.717, 1.165) is 49.3 Å². The first-order valence-corrected chi connectivity index (χ1v) is 9.91. The van der Waals surface area contributed by atoms with Gasteiger partial charge in [0, 0.05) is 24.2 Å². The van der Waals surface area contributed by atoms with Crippen LogP contribution in [0.25, 0.3) is 33.1 Å². The van der Waals surface area contributed by atoms with Crippen LogP contribution < -0.4 is 5.32 Å². The third-order valence-electron chi connectivity index (χ3n) is 5.70. The number of nitrogens with zero attached hydrogens (tertiary/aromatic N) is 3. The van der Waals surface area contributed by atoms with Crippen LogP contribution in [0.2, 0.25) is 0 Å². The van der Waals surface area contributed by atoms with Crippen LogP contribution in [0.3, 0.4) is 0 Å². The first kappa shape index (κ1) is 16.5. The van der Waals surface area contributed by atoms with Crippen LogP contribution in [0, 0.1) is 0 Å². The first-order chi connectivity index (χ1) is 13.3. The molecule has 1 fully saturated rings. The van der Waals surface area contributed by atoms with E-state index >= 15 is 0 Å². The van der Waals surface area contributed by atoms with Gasteiger partial charge in [-0.1, -0.05) is 43.3 Å². The monoisotopic (exact) mass is 356 g/mol. The highest BCUT2D eigenvalue weighted by Crippen LogP contribution is 2.33. The Kier molecular flexibility index (Phi) is 4.13. The number of rotatable bonds is 3. The van der Waals surface area contributed by atoms with Crippen molar-refractivity contribution < 1.29 is 0 Å². The molecule has 3 heterocycles. The van der Waals surface area contributed by atoms with Crippen molar-refractivity contribution in [2.45, 2.75) is 32.2 Å². The molecule has 27 heavy (non-hydrogen) atoms. The fraction of sp³-hybridized carbons (Fsp3) is 0.304. The van der Waals surface area contributed by atoms with Crippen LogP contribution in [-0.4, -0.2) is 27.6 Å². The minimum absolute atomic E-state index is 0.491. The summed E-state index contributed by atoms with van der Waals surface area (Å²) in [5, 5.41) is 5.98. The first-order valence-electron chi connectivity index (χ1n) is 9.91. The Hall–Kier alpha value is -2.72. The van der Waals surface area contributed by atoms with E-state index in [4.69, 9.17) is 9.97 Å². The Morgan fingerprint density at radius 1 is 1.04 bits per heavy atom. The summed E-state index contributed by atoms with van der Waals surface area (Å²) < 4.78 is 2.40. The molecular weight excluding hydrogens is 332 g/mol. The van der Waals surface area contributed by atoms with Crippen LogP contribution >= 0.6 is 0 Å². The van der Waals surface area contributed by atoms with E-state index in [1.54, 1.807) is 0 Å². The zero-order valence-electron chi connectivity index (χ0n) is 15.7.